The number of rotatable bonds is 2. The van der Waals surface area contributed by atoms with Gasteiger partial charge in [0.05, 0.1) is 12.1 Å². The van der Waals surface area contributed by atoms with Crippen molar-refractivity contribution in [2.45, 2.75) is 45.7 Å². The highest BCUT2D eigenvalue weighted by Gasteiger charge is 2.40. The van der Waals surface area contributed by atoms with Crippen LogP contribution < -0.4 is 22.1 Å². The van der Waals surface area contributed by atoms with Crippen LogP contribution in [0, 0.1) is 11.3 Å². The van der Waals surface area contributed by atoms with Crippen molar-refractivity contribution in [3.63, 3.8) is 0 Å². The Morgan fingerprint density at radius 3 is 2.12 bits per heavy atom. The molecule has 0 heterocycles. The van der Waals surface area contributed by atoms with Crippen molar-refractivity contribution in [3.05, 3.63) is 0 Å². The van der Waals surface area contributed by atoms with E-state index in [1.54, 1.807) is 0 Å². The van der Waals surface area contributed by atoms with E-state index in [1.807, 2.05) is 6.92 Å². The van der Waals surface area contributed by atoms with E-state index in [4.69, 9.17) is 11.5 Å². The molecule has 0 saturated heterocycles. The van der Waals surface area contributed by atoms with Gasteiger partial charge in [-0.15, -0.1) is 0 Å². The fourth-order valence-corrected chi connectivity index (χ4v) is 2.93. The average molecular weight is 242 g/mol. The van der Waals surface area contributed by atoms with Crippen molar-refractivity contribution < 1.29 is 9.59 Å². The third-order valence-electron chi connectivity index (χ3n) is 3.33. The number of hydrogen-bond acceptors (Lipinski definition) is 2. The molecule has 6 N–H and O–H groups in total. The zero-order valence-electron chi connectivity index (χ0n) is 10.6. The molecule has 0 aromatic heterocycles. The standard InChI is InChI=1S/C11H22N4O2/c1-6-4-11(2,3)5-7(14-9(12)16)8(6)15-10(13)17/h6-8H,4-5H2,1-3H3,(H3,12,14,16)(H3,13,15,17). The summed E-state index contributed by atoms with van der Waals surface area (Å²) in [6, 6.07) is -1.47. The molecule has 3 unspecified atom stereocenters. The zero-order chi connectivity index (χ0) is 13.2. The van der Waals surface area contributed by atoms with Crippen LogP contribution in [-0.4, -0.2) is 24.1 Å². The van der Waals surface area contributed by atoms with Gasteiger partial charge in [0.2, 0.25) is 0 Å². The lowest BCUT2D eigenvalue weighted by Crippen LogP contribution is -2.60. The number of primary amides is 2. The molecule has 1 rings (SSSR count). The van der Waals surface area contributed by atoms with Crippen molar-refractivity contribution in [2.75, 3.05) is 0 Å². The molecule has 1 aliphatic carbocycles. The van der Waals surface area contributed by atoms with Crippen LogP contribution in [0.5, 0.6) is 0 Å². The summed E-state index contributed by atoms with van der Waals surface area (Å²) >= 11 is 0. The van der Waals surface area contributed by atoms with Crippen LogP contribution in [0.15, 0.2) is 0 Å². The maximum atomic E-state index is 11.0. The molecule has 0 aliphatic heterocycles. The fourth-order valence-electron chi connectivity index (χ4n) is 2.93. The van der Waals surface area contributed by atoms with Crippen molar-refractivity contribution in [2.24, 2.45) is 22.8 Å². The SMILES string of the molecule is CC1CC(C)(C)CC(NC(N)=O)C1NC(N)=O. The average Bonchev–Trinajstić information content (AvgIpc) is 2.08. The van der Waals surface area contributed by atoms with Crippen molar-refractivity contribution >= 4 is 12.1 Å². The summed E-state index contributed by atoms with van der Waals surface area (Å²) in [4.78, 5) is 22.0. The minimum Gasteiger partial charge on any atom is -0.352 e. The molecule has 1 fully saturated rings. The Balaban J connectivity index is 2.82. The zero-order valence-corrected chi connectivity index (χ0v) is 10.6. The largest absolute Gasteiger partial charge is 0.352 e. The summed E-state index contributed by atoms with van der Waals surface area (Å²) in [6.45, 7) is 6.32. The molecule has 1 saturated carbocycles. The van der Waals surface area contributed by atoms with Gasteiger partial charge < -0.3 is 22.1 Å². The smallest absolute Gasteiger partial charge is 0.312 e. The third kappa shape index (κ3) is 3.80. The van der Waals surface area contributed by atoms with E-state index in [2.05, 4.69) is 24.5 Å². The van der Waals surface area contributed by atoms with Gasteiger partial charge in [-0.2, -0.15) is 0 Å². The van der Waals surface area contributed by atoms with Gasteiger partial charge in [-0.1, -0.05) is 20.8 Å². The van der Waals surface area contributed by atoms with Crippen LogP contribution in [0.3, 0.4) is 0 Å². The lowest BCUT2D eigenvalue weighted by atomic mass is 9.68. The first-order chi connectivity index (χ1) is 7.71. The molecule has 0 spiro atoms. The van der Waals surface area contributed by atoms with E-state index < -0.39 is 12.1 Å². The Morgan fingerprint density at radius 1 is 1.12 bits per heavy atom. The van der Waals surface area contributed by atoms with E-state index in [0.29, 0.717) is 0 Å². The number of carbonyl (C=O) groups excluding carboxylic acids is 2. The maximum absolute atomic E-state index is 11.0. The summed E-state index contributed by atoms with van der Waals surface area (Å²) in [7, 11) is 0. The van der Waals surface area contributed by atoms with Crippen molar-refractivity contribution in [1.29, 1.82) is 0 Å². The van der Waals surface area contributed by atoms with E-state index in [1.165, 1.54) is 0 Å². The molecule has 1 aliphatic rings. The highest BCUT2D eigenvalue weighted by molar-refractivity contribution is 5.73. The van der Waals surface area contributed by atoms with E-state index in [0.717, 1.165) is 12.8 Å². The Labute approximate surface area is 101 Å². The molecule has 6 heteroatoms. The van der Waals surface area contributed by atoms with E-state index in [9.17, 15) is 9.59 Å². The summed E-state index contributed by atoms with van der Waals surface area (Å²) in [5, 5.41) is 5.39. The van der Waals surface area contributed by atoms with Gasteiger partial charge in [0.25, 0.3) is 0 Å². The lowest BCUT2D eigenvalue weighted by Gasteiger charge is -2.44. The fraction of sp³-hybridized carbons (Fsp3) is 0.818. The predicted molar refractivity (Wildman–Crippen MR) is 65.2 cm³/mol. The van der Waals surface area contributed by atoms with E-state index >= 15 is 0 Å². The van der Waals surface area contributed by atoms with Crippen LogP contribution >= 0.6 is 0 Å². The summed E-state index contributed by atoms with van der Waals surface area (Å²) in [5.41, 5.74) is 10.4. The highest BCUT2D eigenvalue weighted by atomic mass is 16.2. The number of amides is 4. The van der Waals surface area contributed by atoms with E-state index in [-0.39, 0.29) is 23.4 Å². The summed E-state index contributed by atoms with van der Waals surface area (Å²) in [5.74, 6) is 0.239. The highest BCUT2D eigenvalue weighted by Crippen LogP contribution is 2.38. The molecular weight excluding hydrogens is 220 g/mol. The van der Waals surface area contributed by atoms with Gasteiger partial charge in [-0.25, -0.2) is 9.59 Å². The first-order valence-corrected chi connectivity index (χ1v) is 5.83. The second-order valence-corrected chi connectivity index (χ2v) is 5.70. The second-order valence-electron chi connectivity index (χ2n) is 5.70. The maximum Gasteiger partial charge on any atom is 0.312 e. The molecule has 0 bridgehead atoms. The molecule has 0 radical (unpaired) electrons. The van der Waals surface area contributed by atoms with Crippen LogP contribution in [0.4, 0.5) is 9.59 Å². The Bertz CT molecular complexity index is 317. The van der Waals surface area contributed by atoms with Crippen LogP contribution in [0.1, 0.15) is 33.6 Å². The first-order valence-electron chi connectivity index (χ1n) is 5.83. The quantitative estimate of drug-likeness (QED) is 0.566. The first kappa shape index (κ1) is 13.6. The molecule has 17 heavy (non-hydrogen) atoms. The van der Waals surface area contributed by atoms with Gasteiger partial charge in [0, 0.05) is 0 Å². The van der Waals surface area contributed by atoms with Crippen LogP contribution in [0.25, 0.3) is 0 Å². The predicted octanol–water partition coefficient (Wildman–Crippen LogP) is 0.516. The Kier molecular flexibility index (Phi) is 3.85. The second kappa shape index (κ2) is 4.81. The Morgan fingerprint density at radius 2 is 1.65 bits per heavy atom. The summed E-state index contributed by atoms with van der Waals surface area (Å²) < 4.78 is 0. The number of carbonyl (C=O) groups is 2. The van der Waals surface area contributed by atoms with Gasteiger partial charge in [-0.3, -0.25) is 0 Å². The number of urea groups is 2. The van der Waals surface area contributed by atoms with Gasteiger partial charge in [0.1, 0.15) is 0 Å². The van der Waals surface area contributed by atoms with Gasteiger partial charge in [-0.05, 0) is 24.2 Å². The Hall–Kier alpha value is -1.46. The molecular formula is C11H22N4O2. The third-order valence-corrected chi connectivity index (χ3v) is 3.33. The lowest BCUT2D eigenvalue weighted by molar-refractivity contribution is 0.117. The van der Waals surface area contributed by atoms with Crippen LogP contribution in [-0.2, 0) is 0 Å². The minimum atomic E-state index is -0.573. The number of nitrogens with two attached hydrogens (primary N) is 2. The number of nitrogens with one attached hydrogen (secondary N) is 2. The van der Waals surface area contributed by atoms with Crippen molar-refractivity contribution in [1.82, 2.24) is 10.6 Å². The minimum absolute atomic E-state index is 0.113. The van der Waals surface area contributed by atoms with Gasteiger partial charge >= 0.3 is 12.1 Å². The summed E-state index contributed by atoms with van der Waals surface area (Å²) in [6.07, 6.45) is 1.74. The molecule has 0 aromatic carbocycles. The molecule has 98 valence electrons. The molecule has 4 amide bonds. The topological polar surface area (TPSA) is 110 Å². The normalized spacial score (nSPS) is 31.6. The molecule has 6 nitrogen and oxygen atoms in total. The molecule has 0 aromatic rings. The number of hydrogen-bond donors (Lipinski definition) is 4. The monoisotopic (exact) mass is 242 g/mol. The molecule has 3 atom stereocenters. The van der Waals surface area contributed by atoms with Crippen LogP contribution in [0.2, 0.25) is 0 Å². The van der Waals surface area contributed by atoms with Gasteiger partial charge in [0.15, 0.2) is 0 Å². The van der Waals surface area contributed by atoms with Crippen molar-refractivity contribution in [3.8, 4) is 0 Å².